The molecule has 2 aliphatic rings. The van der Waals surface area contributed by atoms with Gasteiger partial charge < -0.3 is 14.8 Å². The van der Waals surface area contributed by atoms with Gasteiger partial charge in [-0.15, -0.1) is 0 Å². The number of rotatable bonds is 7. The first-order chi connectivity index (χ1) is 9.29. The number of hydrogen-bond acceptors (Lipinski definition) is 3. The quantitative estimate of drug-likeness (QED) is 0.770. The summed E-state index contributed by atoms with van der Waals surface area (Å²) < 4.78 is 11.6. The van der Waals surface area contributed by atoms with Crippen LogP contribution in [0.25, 0.3) is 0 Å². The zero-order valence-corrected chi connectivity index (χ0v) is 12.7. The van der Waals surface area contributed by atoms with Crippen LogP contribution in [0.5, 0.6) is 0 Å². The van der Waals surface area contributed by atoms with Gasteiger partial charge in [-0.05, 0) is 38.1 Å². The van der Waals surface area contributed by atoms with Gasteiger partial charge in [-0.3, -0.25) is 0 Å². The Kier molecular flexibility index (Phi) is 6.11. The number of ether oxygens (including phenoxy) is 2. The van der Waals surface area contributed by atoms with Crippen molar-refractivity contribution < 1.29 is 9.47 Å². The summed E-state index contributed by atoms with van der Waals surface area (Å²) in [6, 6.07) is 0.682. The molecule has 1 N–H and O–H groups in total. The van der Waals surface area contributed by atoms with E-state index in [4.69, 9.17) is 9.47 Å². The predicted molar refractivity (Wildman–Crippen MR) is 78.4 cm³/mol. The molecule has 3 atom stereocenters. The second-order valence-electron chi connectivity index (χ2n) is 6.29. The molecule has 1 spiro atoms. The second kappa shape index (κ2) is 7.61. The number of hydrogen-bond donors (Lipinski definition) is 1. The molecule has 0 saturated carbocycles. The molecule has 2 saturated heterocycles. The smallest absolute Gasteiger partial charge is 0.0939 e. The van der Waals surface area contributed by atoms with Crippen molar-refractivity contribution in [1.29, 1.82) is 0 Å². The third-order valence-electron chi connectivity index (χ3n) is 4.69. The summed E-state index contributed by atoms with van der Waals surface area (Å²) in [5.74, 6) is 0.772. The Hall–Kier alpha value is -0.120. The van der Waals surface area contributed by atoms with E-state index in [0.29, 0.717) is 6.04 Å². The summed E-state index contributed by atoms with van der Waals surface area (Å²) in [7, 11) is 0. The van der Waals surface area contributed by atoms with E-state index >= 15 is 0 Å². The van der Waals surface area contributed by atoms with Gasteiger partial charge in [0, 0.05) is 25.7 Å². The van der Waals surface area contributed by atoms with E-state index in [1.54, 1.807) is 0 Å². The van der Waals surface area contributed by atoms with Gasteiger partial charge in [0.05, 0.1) is 12.2 Å². The topological polar surface area (TPSA) is 30.5 Å². The van der Waals surface area contributed by atoms with E-state index in [1.165, 1.54) is 38.5 Å². The van der Waals surface area contributed by atoms with Gasteiger partial charge in [0.1, 0.15) is 0 Å². The van der Waals surface area contributed by atoms with Crippen molar-refractivity contribution in [3.8, 4) is 0 Å². The maximum Gasteiger partial charge on any atom is 0.0939 e. The van der Waals surface area contributed by atoms with Crippen molar-refractivity contribution in [1.82, 2.24) is 5.32 Å². The summed E-state index contributed by atoms with van der Waals surface area (Å²) >= 11 is 0. The number of nitrogens with one attached hydrogen (secondary N) is 1. The third kappa shape index (κ3) is 4.17. The highest BCUT2D eigenvalue weighted by atomic mass is 16.6. The first-order valence-corrected chi connectivity index (χ1v) is 8.25. The molecule has 3 heteroatoms. The van der Waals surface area contributed by atoms with Gasteiger partial charge in [-0.2, -0.15) is 0 Å². The highest BCUT2D eigenvalue weighted by molar-refractivity contribution is 4.93. The molecule has 19 heavy (non-hydrogen) atoms. The molecule has 2 rings (SSSR count). The maximum absolute atomic E-state index is 6.06. The Morgan fingerprint density at radius 2 is 2.16 bits per heavy atom. The molecule has 0 aromatic carbocycles. The van der Waals surface area contributed by atoms with E-state index in [1.807, 2.05) is 0 Å². The molecule has 0 aromatic heterocycles. The minimum absolute atomic E-state index is 0.0568. The fourth-order valence-corrected chi connectivity index (χ4v) is 3.53. The van der Waals surface area contributed by atoms with Crippen LogP contribution in [0.4, 0.5) is 0 Å². The molecular weight excluding hydrogens is 238 g/mol. The Balaban J connectivity index is 1.90. The molecule has 0 aromatic rings. The lowest BCUT2D eigenvalue weighted by Gasteiger charge is -2.40. The molecule has 0 bridgehead atoms. The molecule has 3 unspecified atom stereocenters. The van der Waals surface area contributed by atoms with E-state index in [0.717, 1.165) is 38.7 Å². The van der Waals surface area contributed by atoms with Crippen molar-refractivity contribution in [2.75, 3.05) is 26.4 Å². The molecule has 0 amide bonds. The van der Waals surface area contributed by atoms with Gasteiger partial charge in [-0.1, -0.05) is 26.7 Å². The average Bonchev–Trinajstić information content (AvgIpc) is 2.87. The maximum atomic E-state index is 6.06. The predicted octanol–water partition coefficient (Wildman–Crippen LogP) is 3.13. The van der Waals surface area contributed by atoms with Crippen LogP contribution in [0.3, 0.4) is 0 Å². The van der Waals surface area contributed by atoms with Crippen LogP contribution in [-0.4, -0.2) is 38.0 Å². The van der Waals surface area contributed by atoms with E-state index in [2.05, 4.69) is 19.2 Å². The molecule has 3 nitrogen and oxygen atoms in total. The van der Waals surface area contributed by atoms with E-state index < -0.39 is 0 Å². The van der Waals surface area contributed by atoms with Crippen LogP contribution < -0.4 is 5.32 Å². The summed E-state index contributed by atoms with van der Waals surface area (Å²) in [4.78, 5) is 0. The molecular formula is C16H31NO2. The molecule has 2 heterocycles. The van der Waals surface area contributed by atoms with E-state index in [9.17, 15) is 0 Å². The summed E-state index contributed by atoms with van der Waals surface area (Å²) in [6.07, 6.45) is 8.67. The molecule has 112 valence electrons. The van der Waals surface area contributed by atoms with Crippen molar-refractivity contribution >= 4 is 0 Å². The lowest BCUT2D eigenvalue weighted by Crippen LogP contribution is -2.47. The Morgan fingerprint density at radius 3 is 2.84 bits per heavy atom. The van der Waals surface area contributed by atoms with Crippen LogP contribution in [0.15, 0.2) is 0 Å². The third-order valence-corrected chi connectivity index (χ3v) is 4.69. The van der Waals surface area contributed by atoms with Gasteiger partial charge >= 0.3 is 0 Å². The van der Waals surface area contributed by atoms with Crippen molar-refractivity contribution in [2.45, 2.75) is 70.4 Å². The highest BCUT2D eigenvalue weighted by Gasteiger charge is 2.42. The normalized spacial score (nSPS) is 32.8. The molecule has 2 fully saturated rings. The Bertz CT molecular complexity index is 243. The van der Waals surface area contributed by atoms with Gasteiger partial charge in [0.15, 0.2) is 0 Å². The second-order valence-corrected chi connectivity index (χ2v) is 6.29. The molecule has 0 aliphatic carbocycles. The minimum atomic E-state index is 0.0568. The Labute approximate surface area is 118 Å². The number of unbranched alkanes of at least 4 members (excludes halogenated alkanes) is 1. The fourth-order valence-electron chi connectivity index (χ4n) is 3.53. The first-order valence-electron chi connectivity index (χ1n) is 8.25. The lowest BCUT2D eigenvalue weighted by atomic mass is 9.79. The van der Waals surface area contributed by atoms with Crippen molar-refractivity contribution in [3.05, 3.63) is 0 Å². The van der Waals surface area contributed by atoms with Gasteiger partial charge in [-0.25, -0.2) is 0 Å². The van der Waals surface area contributed by atoms with Crippen molar-refractivity contribution in [3.63, 3.8) is 0 Å². The summed E-state index contributed by atoms with van der Waals surface area (Å²) in [6.45, 7) is 8.31. The van der Waals surface area contributed by atoms with Gasteiger partial charge in [0.2, 0.25) is 0 Å². The molecule has 0 radical (unpaired) electrons. The van der Waals surface area contributed by atoms with Crippen LogP contribution in [0, 0.1) is 5.92 Å². The highest BCUT2D eigenvalue weighted by Crippen LogP contribution is 2.37. The monoisotopic (exact) mass is 269 g/mol. The van der Waals surface area contributed by atoms with Crippen LogP contribution in [-0.2, 0) is 9.47 Å². The van der Waals surface area contributed by atoms with Crippen LogP contribution in [0.2, 0.25) is 0 Å². The largest absolute Gasteiger partial charge is 0.378 e. The fraction of sp³-hybridized carbons (Fsp3) is 1.00. The standard InChI is InChI=1S/C16H31NO2/c1-3-5-6-15(17-9-4-2)14-7-10-19-16(12-14)8-11-18-13-16/h14-15,17H,3-13H2,1-2H3. The summed E-state index contributed by atoms with van der Waals surface area (Å²) in [5, 5.41) is 3.78. The zero-order chi connectivity index (χ0) is 13.6. The average molecular weight is 269 g/mol. The van der Waals surface area contributed by atoms with Gasteiger partial charge in [0.25, 0.3) is 0 Å². The van der Waals surface area contributed by atoms with Crippen LogP contribution in [0.1, 0.15) is 58.8 Å². The lowest BCUT2D eigenvalue weighted by molar-refractivity contribution is -0.103. The van der Waals surface area contributed by atoms with Crippen LogP contribution >= 0.6 is 0 Å². The van der Waals surface area contributed by atoms with E-state index in [-0.39, 0.29) is 5.60 Å². The zero-order valence-electron chi connectivity index (χ0n) is 12.7. The minimum Gasteiger partial charge on any atom is -0.378 e. The Morgan fingerprint density at radius 1 is 1.26 bits per heavy atom. The summed E-state index contributed by atoms with van der Waals surface area (Å²) in [5.41, 5.74) is 0.0568. The first kappa shape index (κ1) is 15.3. The molecule has 2 aliphatic heterocycles. The SMILES string of the molecule is CCCCC(NCCC)C1CCOC2(CCOC2)C1. The van der Waals surface area contributed by atoms with Crippen molar-refractivity contribution in [2.24, 2.45) is 5.92 Å².